The van der Waals surface area contributed by atoms with E-state index in [-0.39, 0.29) is 29.3 Å². The van der Waals surface area contributed by atoms with Gasteiger partial charge in [-0.25, -0.2) is 8.42 Å². The highest BCUT2D eigenvalue weighted by Gasteiger charge is 2.26. The first-order valence-electron chi connectivity index (χ1n) is 6.50. The van der Waals surface area contributed by atoms with Crippen LogP contribution in [-0.4, -0.2) is 42.9 Å². The summed E-state index contributed by atoms with van der Waals surface area (Å²) in [6.07, 6.45) is 1.20. The number of amidine groups is 1. The average Bonchev–Trinajstić information content (AvgIpc) is 2.45. The van der Waals surface area contributed by atoms with Gasteiger partial charge in [0.2, 0.25) is 0 Å². The van der Waals surface area contributed by atoms with Crippen LogP contribution in [-0.2, 0) is 9.84 Å². The molecular formula is C13H17N3O4S. The van der Waals surface area contributed by atoms with Gasteiger partial charge in [0, 0.05) is 17.2 Å². The zero-order valence-corrected chi connectivity index (χ0v) is 12.1. The molecule has 1 heterocycles. The van der Waals surface area contributed by atoms with Crippen LogP contribution in [0.1, 0.15) is 28.8 Å². The molecule has 21 heavy (non-hydrogen) atoms. The van der Waals surface area contributed by atoms with Gasteiger partial charge in [-0.15, -0.1) is 0 Å². The highest BCUT2D eigenvalue weighted by molar-refractivity contribution is 7.91. The maximum absolute atomic E-state index is 12.1. The van der Waals surface area contributed by atoms with Gasteiger partial charge in [0.05, 0.1) is 11.5 Å². The molecule has 1 atom stereocenters. The maximum Gasteiger partial charge on any atom is 0.251 e. The SMILES string of the molecule is NC(=NO)c1cccc(C(=O)NC2CCCS(=O)(=O)C2)c1. The minimum atomic E-state index is -3.07. The number of hydrogen-bond acceptors (Lipinski definition) is 5. The van der Waals surface area contributed by atoms with Crippen molar-refractivity contribution >= 4 is 21.6 Å². The minimum Gasteiger partial charge on any atom is -0.409 e. The van der Waals surface area contributed by atoms with Gasteiger partial charge >= 0.3 is 0 Å². The number of amides is 1. The van der Waals surface area contributed by atoms with Crippen molar-refractivity contribution in [2.75, 3.05) is 11.5 Å². The van der Waals surface area contributed by atoms with Crippen molar-refractivity contribution in [3.63, 3.8) is 0 Å². The molecule has 1 aromatic carbocycles. The van der Waals surface area contributed by atoms with Crippen LogP contribution in [0.25, 0.3) is 0 Å². The van der Waals surface area contributed by atoms with Crippen molar-refractivity contribution in [1.82, 2.24) is 5.32 Å². The van der Waals surface area contributed by atoms with Gasteiger partial charge in [-0.1, -0.05) is 17.3 Å². The topological polar surface area (TPSA) is 122 Å². The lowest BCUT2D eigenvalue weighted by atomic mass is 10.1. The van der Waals surface area contributed by atoms with E-state index in [1.807, 2.05) is 0 Å². The molecule has 0 spiro atoms. The van der Waals surface area contributed by atoms with E-state index in [9.17, 15) is 13.2 Å². The van der Waals surface area contributed by atoms with Gasteiger partial charge in [-0.3, -0.25) is 4.79 Å². The summed E-state index contributed by atoms with van der Waals surface area (Å²) in [5, 5.41) is 14.2. The molecule has 2 rings (SSSR count). The van der Waals surface area contributed by atoms with Gasteiger partial charge in [0.1, 0.15) is 0 Å². The number of benzene rings is 1. The molecular weight excluding hydrogens is 294 g/mol. The van der Waals surface area contributed by atoms with E-state index in [0.717, 1.165) is 0 Å². The van der Waals surface area contributed by atoms with Gasteiger partial charge in [0.15, 0.2) is 15.7 Å². The molecule has 0 aliphatic carbocycles. The van der Waals surface area contributed by atoms with E-state index in [1.165, 1.54) is 6.07 Å². The predicted octanol–water partition coefficient (Wildman–Crippen LogP) is 0.0881. The van der Waals surface area contributed by atoms with Crippen LogP contribution < -0.4 is 11.1 Å². The lowest BCUT2D eigenvalue weighted by Crippen LogP contribution is -2.43. The fraction of sp³-hybridized carbons (Fsp3) is 0.385. The van der Waals surface area contributed by atoms with E-state index >= 15 is 0 Å². The molecule has 1 amide bonds. The number of nitrogens with one attached hydrogen (secondary N) is 1. The van der Waals surface area contributed by atoms with Gasteiger partial charge in [-0.2, -0.15) is 0 Å². The summed E-state index contributed by atoms with van der Waals surface area (Å²) in [6.45, 7) is 0. The van der Waals surface area contributed by atoms with Gasteiger partial charge in [-0.05, 0) is 25.0 Å². The highest BCUT2D eigenvalue weighted by atomic mass is 32.2. The normalized spacial score (nSPS) is 21.7. The van der Waals surface area contributed by atoms with E-state index in [1.54, 1.807) is 18.2 Å². The second-order valence-corrected chi connectivity index (χ2v) is 7.22. The molecule has 0 aromatic heterocycles. The Morgan fingerprint density at radius 2 is 2.10 bits per heavy atom. The predicted molar refractivity (Wildman–Crippen MR) is 78.1 cm³/mol. The third kappa shape index (κ3) is 3.94. The number of carbonyl (C=O) groups excluding carboxylic acids is 1. The van der Waals surface area contributed by atoms with Crippen molar-refractivity contribution in [3.05, 3.63) is 35.4 Å². The Balaban J connectivity index is 2.10. The Morgan fingerprint density at radius 3 is 2.76 bits per heavy atom. The summed E-state index contributed by atoms with van der Waals surface area (Å²) >= 11 is 0. The van der Waals surface area contributed by atoms with Crippen molar-refractivity contribution in [3.8, 4) is 0 Å². The van der Waals surface area contributed by atoms with Crippen LogP contribution in [0.2, 0.25) is 0 Å². The van der Waals surface area contributed by atoms with E-state index in [2.05, 4.69) is 10.5 Å². The molecule has 0 bridgehead atoms. The smallest absolute Gasteiger partial charge is 0.251 e. The van der Waals surface area contributed by atoms with Gasteiger partial charge < -0.3 is 16.3 Å². The first-order chi connectivity index (χ1) is 9.91. The first kappa shape index (κ1) is 15.3. The van der Waals surface area contributed by atoms with Crippen molar-refractivity contribution in [2.24, 2.45) is 10.9 Å². The minimum absolute atomic E-state index is 0.0291. The Labute approximate surface area is 122 Å². The second kappa shape index (κ2) is 6.13. The number of sulfone groups is 1. The molecule has 4 N–H and O–H groups in total. The van der Waals surface area contributed by atoms with Crippen molar-refractivity contribution in [1.29, 1.82) is 0 Å². The molecule has 1 fully saturated rings. The fourth-order valence-corrected chi connectivity index (χ4v) is 3.92. The molecule has 7 nitrogen and oxygen atoms in total. The lowest BCUT2D eigenvalue weighted by molar-refractivity contribution is 0.0938. The molecule has 1 aliphatic rings. The van der Waals surface area contributed by atoms with Crippen LogP contribution in [0, 0.1) is 0 Å². The molecule has 1 unspecified atom stereocenters. The first-order valence-corrected chi connectivity index (χ1v) is 8.32. The van der Waals surface area contributed by atoms with E-state index < -0.39 is 9.84 Å². The van der Waals surface area contributed by atoms with Crippen molar-refractivity contribution < 1.29 is 18.4 Å². The lowest BCUT2D eigenvalue weighted by Gasteiger charge is -2.23. The average molecular weight is 311 g/mol. The number of oxime groups is 1. The summed E-state index contributed by atoms with van der Waals surface area (Å²) in [6, 6.07) is 5.92. The molecule has 1 saturated heterocycles. The quantitative estimate of drug-likeness (QED) is 0.316. The van der Waals surface area contributed by atoms with Crippen molar-refractivity contribution in [2.45, 2.75) is 18.9 Å². The molecule has 1 aliphatic heterocycles. The van der Waals surface area contributed by atoms with E-state index in [4.69, 9.17) is 10.9 Å². The van der Waals surface area contributed by atoms with Gasteiger partial charge in [0.25, 0.3) is 5.91 Å². The molecule has 0 saturated carbocycles. The van der Waals surface area contributed by atoms with Crippen LogP contribution in [0.15, 0.2) is 29.4 Å². The second-order valence-electron chi connectivity index (χ2n) is 4.99. The Morgan fingerprint density at radius 1 is 1.38 bits per heavy atom. The highest BCUT2D eigenvalue weighted by Crippen LogP contribution is 2.13. The molecule has 114 valence electrons. The third-order valence-corrected chi connectivity index (χ3v) is 5.15. The molecule has 8 heteroatoms. The van der Waals surface area contributed by atoms with Crippen LogP contribution in [0.5, 0.6) is 0 Å². The zero-order valence-electron chi connectivity index (χ0n) is 11.3. The Kier molecular flexibility index (Phi) is 4.46. The fourth-order valence-electron chi connectivity index (χ4n) is 2.28. The Hall–Kier alpha value is -2.09. The number of nitrogens with zero attached hydrogens (tertiary/aromatic N) is 1. The number of rotatable bonds is 3. The van der Waals surface area contributed by atoms with E-state index in [0.29, 0.717) is 24.0 Å². The standard InChI is InChI=1S/C13H17N3O4S/c14-12(16-18)9-3-1-4-10(7-9)13(17)15-11-5-2-6-21(19,20)8-11/h1,3-4,7,11,18H,2,5-6,8H2,(H2,14,16)(H,15,17). The third-order valence-electron chi connectivity index (χ3n) is 3.33. The number of hydrogen-bond donors (Lipinski definition) is 3. The monoisotopic (exact) mass is 311 g/mol. The zero-order chi connectivity index (χ0) is 15.5. The summed E-state index contributed by atoms with van der Waals surface area (Å²) in [5.74, 6) is -0.314. The summed E-state index contributed by atoms with van der Waals surface area (Å²) < 4.78 is 23.1. The molecule has 1 aromatic rings. The number of nitrogens with two attached hydrogens (primary N) is 1. The Bertz CT molecular complexity index is 670. The largest absolute Gasteiger partial charge is 0.409 e. The molecule has 0 radical (unpaired) electrons. The number of carbonyl (C=O) groups is 1. The van der Waals surface area contributed by atoms with Crippen LogP contribution in [0.4, 0.5) is 0 Å². The summed E-state index contributed by atoms with van der Waals surface area (Å²) in [5.41, 5.74) is 6.23. The van der Waals surface area contributed by atoms with Crippen LogP contribution in [0.3, 0.4) is 0 Å². The van der Waals surface area contributed by atoms with Crippen LogP contribution >= 0.6 is 0 Å². The maximum atomic E-state index is 12.1. The summed E-state index contributed by atoms with van der Waals surface area (Å²) in [4.78, 5) is 12.1. The summed E-state index contributed by atoms with van der Waals surface area (Å²) in [7, 11) is -3.07.